The number of para-hydroxylation sites is 2. The highest BCUT2D eigenvalue weighted by Gasteiger charge is 2.25. The maximum absolute atomic E-state index is 13.2. The topological polar surface area (TPSA) is 181 Å². The molecule has 174 valence electrons. The summed E-state index contributed by atoms with van der Waals surface area (Å²) in [6.45, 7) is 0. The summed E-state index contributed by atoms with van der Waals surface area (Å²) in [6.07, 6.45) is 0. The van der Waals surface area contributed by atoms with Gasteiger partial charge in [-0.25, -0.2) is 3.96 Å². The lowest BCUT2D eigenvalue weighted by molar-refractivity contribution is -0.385. The van der Waals surface area contributed by atoms with E-state index >= 15 is 0 Å². The van der Waals surface area contributed by atoms with Crippen molar-refractivity contribution in [1.29, 1.82) is 0 Å². The first-order chi connectivity index (χ1) is 16.7. The molecule has 0 N–H and O–H groups in total. The van der Waals surface area contributed by atoms with Gasteiger partial charge in [0.2, 0.25) is 0 Å². The predicted octanol–water partition coefficient (Wildman–Crippen LogP) is 3.86. The standard InChI is InChI=1S/C21H11N5O8S/c27-19(13-5-1-3-7-17(13)25(31)32)22-20-15-11-12(24(29)30)9-10-16(15)23(35-20)21(28)14-6-2-4-8-18(14)26(33)34/h1-11H. The number of nitro benzene ring substituents is 3. The Labute approximate surface area is 197 Å². The fraction of sp³-hybridized carbons (Fsp3) is 0. The van der Waals surface area contributed by atoms with Crippen molar-refractivity contribution in [3.8, 4) is 0 Å². The maximum atomic E-state index is 13.2. The van der Waals surface area contributed by atoms with Gasteiger partial charge in [0.25, 0.3) is 28.9 Å². The monoisotopic (exact) mass is 493 g/mol. The van der Waals surface area contributed by atoms with E-state index in [4.69, 9.17) is 0 Å². The molecule has 0 aliphatic rings. The van der Waals surface area contributed by atoms with Crippen LogP contribution in [0.5, 0.6) is 0 Å². The van der Waals surface area contributed by atoms with Crippen LogP contribution >= 0.6 is 11.5 Å². The summed E-state index contributed by atoms with van der Waals surface area (Å²) >= 11 is 0.618. The van der Waals surface area contributed by atoms with Gasteiger partial charge in [0.15, 0.2) is 0 Å². The van der Waals surface area contributed by atoms with E-state index in [0.717, 1.165) is 28.2 Å². The molecule has 0 saturated heterocycles. The minimum Gasteiger partial charge on any atom is -0.267 e. The van der Waals surface area contributed by atoms with Gasteiger partial charge in [-0.2, -0.15) is 4.99 Å². The van der Waals surface area contributed by atoms with Crippen molar-refractivity contribution in [2.24, 2.45) is 4.99 Å². The average Bonchev–Trinajstić information content (AvgIpc) is 3.20. The Kier molecular flexibility index (Phi) is 5.95. The number of nitrogens with zero attached hydrogens (tertiary/aromatic N) is 5. The van der Waals surface area contributed by atoms with Gasteiger partial charge in [0.05, 0.1) is 20.3 Å². The van der Waals surface area contributed by atoms with Gasteiger partial charge in [0, 0.05) is 29.7 Å². The average molecular weight is 493 g/mol. The molecule has 0 fully saturated rings. The number of aromatic nitrogens is 1. The van der Waals surface area contributed by atoms with E-state index in [-0.39, 0.29) is 32.4 Å². The van der Waals surface area contributed by atoms with Gasteiger partial charge in [-0.3, -0.25) is 39.9 Å². The lowest BCUT2D eigenvalue weighted by Gasteiger charge is -2.03. The van der Waals surface area contributed by atoms with Gasteiger partial charge in [-0.05, 0) is 29.7 Å². The molecule has 4 aromatic rings. The third-order valence-corrected chi connectivity index (χ3v) is 5.90. The second-order valence-corrected chi connectivity index (χ2v) is 7.85. The third-order valence-electron chi connectivity index (χ3n) is 4.87. The Balaban J connectivity index is 1.96. The smallest absolute Gasteiger partial charge is 0.267 e. The number of hydrogen-bond acceptors (Lipinski definition) is 9. The molecule has 0 atom stereocenters. The van der Waals surface area contributed by atoms with Crippen LogP contribution in [0.4, 0.5) is 17.1 Å². The molecule has 1 amide bonds. The highest BCUT2D eigenvalue weighted by molar-refractivity contribution is 7.06. The van der Waals surface area contributed by atoms with Crippen molar-refractivity contribution < 1.29 is 24.4 Å². The molecule has 0 radical (unpaired) electrons. The van der Waals surface area contributed by atoms with Gasteiger partial charge < -0.3 is 0 Å². The summed E-state index contributed by atoms with van der Waals surface area (Å²) < 4.78 is 0.881. The quantitative estimate of drug-likeness (QED) is 0.297. The van der Waals surface area contributed by atoms with Crippen LogP contribution in [0.2, 0.25) is 0 Å². The Bertz CT molecular complexity index is 1640. The van der Waals surface area contributed by atoms with E-state index in [9.17, 15) is 39.9 Å². The molecule has 0 unspecified atom stereocenters. The van der Waals surface area contributed by atoms with Gasteiger partial charge in [-0.1, -0.05) is 24.3 Å². The van der Waals surface area contributed by atoms with Crippen LogP contribution in [0.3, 0.4) is 0 Å². The van der Waals surface area contributed by atoms with Crippen LogP contribution in [0.25, 0.3) is 10.9 Å². The van der Waals surface area contributed by atoms with E-state index in [2.05, 4.69) is 4.99 Å². The molecule has 0 aliphatic carbocycles. The molecule has 3 aromatic carbocycles. The predicted molar refractivity (Wildman–Crippen MR) is 122 cm³/mol. The largest absolute Gasteiger partial charge is 0.285 e. The van der Waals surface area contributed by atoms with Crippen molar-refractivity contribution in [2.45, 2.75) is 0 Å². The number of amides is 1. The summed E-state index contributed by atoms with van der Waals surface area (Å²) in [7, 11) is 0. The second-order valence-electron chi connectivity index (χ2n) is 6.92. The summed E-state index contributed by atoms with van der Waals surface area (Å²) in [5.41, 5.74) is -1.76. The number of fused-ring (bicyclic) bond motifs is 1. The number of nitro groups is 3. The summed E-state index contributed by atoms with van der Waals surface area (Å²) in [4.78, 5) is 61.8. The fourth-order valence-corrected chi connectivity index (χ4v) is 4.29. The molecule has 35 heavy (non-hydrogen) atoms. The van der Waals surface area contributed by atoms with Crippen LogP contribution in [0.1, 0.15) is 20.7 Å². The number of carbonyl (C=O) groups is 2. The van der Waals surface area contributed by atoms with E-state index in [0.29, 0.717) is 11.5 Å². The Morgan fingerprint density at radius 3 is 1.94 bits per heavy atom. The van der Waals surface area contributed by atoms with Crippen LogP contribution in [-0.2, 0) is 0 Å². The highest BCUT2D eigenvalue weighted by atomic mass is 32.1. The molecule has 14 heteroatoms. The van der Waals surface area contributed by atoms with E-state index in [1.165, 1.54) is 42.5 Å². The summed E-state index contributed by atoms with van der Waals surface area (Å²) in [5, 5.41) is 34.0. The van der Waals surface area contributed by atoms with E-state index < -0.39 is 38.0 Å². The molecule has 13 nitrogen and oxygen atoms in total. The lowest BCUT2D eigenvalue weighted by Crippen LogP contribution is -2.12. The first kappa shape index (κ1) is 23.1. The zero-order valence-corrected chi connectivity index (χ0v) is 18.1. The van der Waals surface area contributed by atoms with Crippen LogP contribution < -0.4 is 4.67 Å². The van der Waals surface area contributed by atoms with Crippen LogP contribution in [-0.4, -0.2) is 30.5 Å². The Morgan fingerprint density at radius 1 is 0.771 bits per heavy atom. The van der Waals surface area contributed by atoms with Crippen molar-refractivity contribution in [3.63, 3.8) is 0 Å². The van der Waals surface area contributed by atoms with Crippen molar-refractivity contribution >= 4 is 51.3 Å². The molecule has 0 spiro atoms. The Hall–Kier alpha value is -5.11. The third kappa shape index (κ3) is 4.28. The number of rotatable bonds is 5. The normalized spacial score (nSPS) is 11.4. The molecular formula is C21H11N5O8S. The molecule has 4 rings (SSSR count). The summed E-state index contributed by atoms with van der Waals surface area (Å²) in [6, 6.07) is 13.8. The number of benzene rings is 3. The van der Waals surface area contributed by atoms with Crippen LogP contribution in [0, 0.1) is 30.3 Å². The molecule has 1 heterocycles. The van der Waals surface area contributed by atoms with E-state index in [1.54, 1.807) is 0 Å². The number of carbonyl (C=O) groups excluding carboxylic acids is 2. The van der Waals surface area contributed by atoms with Crippen LogP contribution in [0.15, 0.2) is 71.7 Å². The van der Waals surface area contributed by atoms with Gasteiger partial charge in [-0.15, -0.1) is 0 Å². The molecule has 1 aromatic heterocycles. The minimum atomic E-state index is -1.00. The highest BCUT2D eigenvalue weighted by Crippen LogP contribution is 2.26. The van der Waals surface area contributed by atoms with Gasteiger partial charge in [0.1, 0.15) is 15.8 Å². The fourth-order valence-electron chi connectivity index (χ4n) is 3.29. The first-order valence-electron chi connectivity index (χ1n) is 9.60. The second kappa shape index (κ2) is 9.03. The minimum absolute atomic E-state index is 0.0445. The SMILES string of the molecule is O=C(N=c1sn(C(=O)c2ccccc2[N+](=O)[O-])c2ccc([N+](=O)[O-])cc12)c1ccccc1[N+](=O)[O-]. The van der Waals surface area contributed by atoms with Gasteiger partial charge >= 0.3 is 0 Å². The molecule has 0 bridgehead atoms. The molecular weight excluding hydrogens is 482 g/mol. The number of non-ortho nitro benzene ring substituents is 1. The summed E-state index contributed by atoms with van der Waals surface area (Å²) in [5.74, 6) is -1.82. The molecule has 0 aliphatic heterocycles. The van der Waals surface area contributed by atoms with Crippen molar-refractivity contribution in [2.75, 3.05) is 0 Å². The van der Waals surface area contributed by atoms with Crippen molar-refractivity contribution in [3.05, 3.63) is 113 Å². The van der Waals surface area contributed by atoms with Crippen molar-refractivity contribution in [1.82, 2.24) is 3.96 Å². The lowest BCUT2D eigenvalue weighted by atomic mass is 10.1. The van der Waals surface area contributed by atoms with E-state index in [1.807, 2.05) is 0 Å². The first-order valence-corrected chi connectivity index (χ1v) is 10.4. The molecule has 0 saturated carbocycles. The number of hydrogen-bond donors (Lipinski definition) is 0. The zero-order valence-electron chi connectivity index (χ0n) is 17.3. The Morgan fingerprint density at radius 2 is 1.34 bits per heavy atom. The maximum Gasteiger partial charge on any atom is 0.285 e. The zero-order chi connectivity index (χ0) is 25.3.